The van der Waals surface area contributed by atoms with Crippen LogP contribution in [0.4, 0.5) is 5.69 Å². The number of benzene rings is 3. The number of ketones is 1. The van der Waals surface area contributed by atoms with E-state index in [0.717, 1.165) is 17.1 Å². The molecular formula is C20H15NO3. The zero-order chi connectivity index (χ0) is 16.7. The molecule has 0 aliphatic carbocycles. The van der Waals surface area contributed by atoms with Crippen LogP contribution in [-0.2, 0) is 4.79 Å². The number of anilines is 1. The number of fused-ring (bicyclic) bond motifs is 2. The Labute approximate surface area is 139 Å². The fourth-order valence-electron chi connectivity index (χ4n) is 3.40. The van der Waals surface area contributed by atoms with Gasteiger partial charge in [0.05, 0.1) is 0 Å². The molecule has 1 aliphatic heterocycles. The minimum atomic E-state index is -1.39. The Morgan fingerprint density at radius 3 is 2.46 bits per heavy atom. The smallest absolute Gasteiger partial charge is 0.212 e. The molecule has 2 unspecified atom stereocenters. The molecule has 4 nitrogen and oxygen atoms in total. The molecule has 3 aromatic carbocycles. The van der Waals surface area contributed by atoms with E-state index in [4.69, 9.17) is 0 Å². The van der Waals surface area contributed by atoms with Crippen molar-refractivity contribution in [3.8, 4) is 0 Å². The summed E-state index contributed by atoms with van der Waals surface area (Å²) >= 11 is 0. The fraction of sp³-hybridized carbons (Fsp3) is 0.100. The molecular weight excluding hydrogens is 302 g/mol. The Kier molecular flexibility index (Phi) is 3.40. The summed E-state index contributed by atoms with van der Waals surface area (Å²) in [4.78, 5) is 25.9. The maximum absolute atomic E-state index is 12.6. The SMILES string of the molecule is O=CC1c2ccccc2C(=O)C(O)N1c1cccc2ccccc12. The second kappa shape index (κ2) is 5.58. The van der Waals surface area contributed by atoms with Crippen LogP contribution in [0.15, 0.2) is 66.7 Å². The summed E-state index contributed by atoms with van der Waals surface area (Å²) in [5.41, 5.74) is 1.69. The van der Waals surface area contributed by atoms with E-state index < -0.39 is 18.1 Å². The largest absolute Gasteiger partial charge is 0.367 e. The highest BCUT2D eigenvalue weighted by Gasteiger charge is 2.39. The molecule has 24 heavy (non-hydrogen) atoms. The molecule has 4 rings (SSSR count). The molecule has 1 N–H and O–H groups in total. The molecule has 0 amide bonds. The Bertz CT molecular complexity index is 945. The van der Waals surface area contributed by atoms with Crippen LogP contribution in [0.25, 0.3) is 10.8 Å². The van der Waals surface area contributed by atoms with Crippen molar-refractivity contribution in [2.45, 2.75) is 12.3 Å². The summed E-state index contributed by atoms with van der Waals surface area (Å²) < 4.78 is 0. The Balaban J connectivity index is 1.97. The van der Waals surface area contributed by atoms with Gasteiger partial charge < -0.3 is 14.8 Å². The molecule has 0 saturated heterocycles. The van der Waals surface area contributed by atoms with Gasteiger partial charge in [0.1, 0.15) is 12.3 Å². The van der Waals surface area contributed by atoms with E-state index >= 15 is 0 Å². The maximum Gasteiger partial charge on any atom is 0.212 e. The van der Waals surface area contributed by atoms with Crippen LogP contribution in [0.3, 0.4) is 0 Å². The predicted octanol–water partition coefficient (Wildman–Crippen LogP) is 3.10. The van der Waals surface area contributed by atoms with Crippen LogP contribution in [0.2, 0.25) is 0 Å². The number of carbonyl (C=O) groups excluding carboxylic acids is 2. The number of aliphatic hydroxyl groups excluding tert-OH is 1. The van der Waals surface area contributed by atoms with Crippen molar-refractivity contribution in [2.75, 3.05) is 4.90 Å². The molecule has 118 valence electrons. The summed E-state index contributed by atoms with van der Waals surface area (Å²) in [6.07, 6.45) is -0.614. The standard InChI is InChI=1S/C20H15NO3/c22-12-18-15-9-3-4-10-16(15)19(23)20(24)21(18)17-11-5-7-13-6-1-2-8-14(13)17/h1-12,18,20,24H. The number of carbonyl (C=O) groups is 2. The molecule has 4 heteroatoms. The monoisotopic (exact) mass is 317 g/mol. The van der Waals surface area contributed by atoms with Crippen LogP contribution in [0.5, 0.6) is 0 Å². The van der Waals surface area contributed by atoms with Crippen molar-refractivity contribution < 1.29 is 14.7 Å². The summed E-state index contributed by atoms with van der Waals surface area (Å²) in [5, 5.41) is 12.5. The van der Waals surface area contributed by atoms with E-state index in [-0.39, 0.29) is 0 Å². The molecule has 0 spiro atoms. The van der Waals surface area contributed by atoms with Crippen molar-refractivity contribution >= 4 is 28.5 Å². The number of hydrogen-bond acceptors (Lipinski definition) is 4. The molecule has 0 fully saturated rings. The van der Waals surface area contributed by atoms with E-state index in [2.05, 4.69) is 0 Å². The highest BCUT2D eigenvalue weighted by molar-refractivity contribution is 6.07. The average molecular weight is 317 g/mol. The first-order valence-electron chi connectivity index (χ1n) is 7.75. The van der Waals surface area contributed by atoms with Crippen molar-refractivity contribution in [1.29, 1.82) is 0 Å². The number of nitrogens with zero attached hydrogens (tertiary/aromatic N) is 1. The minimum absolute atomic E-state index is 0.392. The van der Waals surface area contributed by atoms with Crippen molar-refractivity contribution in [1.82, 2.24) is 0 Å². The second-order valence-corrected chi connectivity index (χ2v) is 5.81. The quantitative estimate of drug-likeness (QED) is 0.738. The third kappa shape index (κ3) is 2.04. The Hall–Kier alpha value is -2.98. The first kappa shape index (κ1) is 14.6. The normalized spacial score (nSPS) is 20.0. The lowest BCUT2D eigenvalue weighted by atomic mass is 9.90. The van der Waals surface area contributed by atoms with Gasteiger partial charge in [-0.25, -0.2) is 0 Å². The van der Waals surface area contributed by atoms with Gasteiger partial charge in [-0.15, -0.1) is 0 Å². The van der Waals surface area contributed by atoms with Gasteiger partial charge >= 0.3 is 0 Å². The van der Waals surface area contributed by atoms with Crippen LogP contribution < -0.4 is 4.90 Å². The van der Waals surface area contributed by atoms with Gasteiger partial charge in [-0.2, -0.15) is 0 Å². The lowest BCUT2D eigenvalue weighted by Crippen LogP contribution is -2.48. The molecule has 0 saturated carbocycles. The fourth-order valence-corrected chi connectivity index (χ4v) is 3.40. The van der Waals surface area contributed by atoms with Crippen LogP contribution in [-0.4, -0.2) is 23.4 Å². The van der Waals surface area contributed by atoms with Gasteiger partial charge in [0.15, 0.2) is 6.23 Å². The second-order valence-electron chi connectivity index (χ2n) is 5.81. The maximum atomic E-state index is 12.6. The van der Waals surface area contributed by atoms with Crippen LogP contribution in [0.1, 0.15) is 22.0 Å². The predicted molar refractivity (Wildman–Crippen MR) is 92.0 cm³/mol. The zero-order valence-corrected chi connectivity index (χ0v) is 12.8. The molecule has 1 aliphatic rings. The first-order chi connectivity index (χ1) is 11.7. The molecule has 0 aromatic heterocycles. The average Bonchev–Trinajstić information content (AvgIpc) is 2.64. The van der Waals surface area contributed by atoms with E-state index in [0.29, 0.717) is 16.8 Å². The van der Waals surface area contributed by atoms with Gasteiger partial charge in [0.25, 0.3) is 0 Å². The van der Waals surface area contributed by atoms with E-state index in [9.17, 15) is 14.7 Å². The summed E-state index contributed by atoms with van der Waals surface area (Å²) in [5.74, 6) is -0.392. The Morgan fingerprint density at radius 2 is 1.62 bits per heavy atom. The molecule has 1 heterocycles. The summed E-state index contributed by atoms with van der Waals surface area (Å²) in [6.45, 7) is 0. The van der Waals surface area contributed by atoms with Gasteiger partial charge in [-0.05, 0) is 17.0 Å². The van der Waals surface area contributed by atoms with Crippen molar-refractivity contribution in [3.63, 3.8) is 0 Å². The van der Waals surface area contributed by atoms with Gasteiger partial charge in [-0.1, -0.05) is 60.7 Å². The minimum Gasteiger partial charge on any atom is -0.367 e. The number of rotatable bonds is 2. The van der Waals surface area contributed by atoms with Crippen molar-refractivity contribution in [3.05, 3.63) is 77.9 Å². The van der Waals surface area contributed by atoms with E-state index in [1.54, 1.807) is 24.3 Å². The van der Waals surface area contributed by atoms with Gasteiger partial charge in [-0.3, -0.25) is 4.79 Å². The highest BCUT2D eigenvalue weighted by atomic mass is 16.3. The van der Waals surface area contributed by atoms with Gasteiger partial charge in [0.2, 0.25) is 5.78 Å². The number of Topliss-reactive ketones (excluding diaryl/α,β-unsaturated/α-hetero) is 1. The number of aldehydes is 1. The molecule has 3 aromatic rings. The Morgan fingerprint density at radius 1 is 0.917 bits per heavy atom. The first-order valence-corrected chi connectivity index (χ1v) is 7.75. The number of aliphatic hydroxyl groups is 1. The summed E-state index contributed by atoms with van der Waals surface area (Å²) in [7, 11) is 0. The van der Waals surface area contributed by atoms with Gasteiger partial charge in [0, 0.05) is 16.6 Å². The lowest BCUT2D eigenvalue weighted by molar-refractivity contribution is -0.109. The molecule has 0 radical (unpaired) electrons. The van der Waals surface area contributed by atoms with E-state index in [1.165, 1.54) is 4.90 Å². The topological polar surface area (TPSA) is 57.6 Å². The lowest BCUT2D eigenvalue weighted by Gasteiger charge is -2.39. The van der Waals surface area contributed by atoms with Crippen LogP contribution >= 0.6 is 0 Å². The third-order valence-electron chi connectivity index (χ3n) is 4.52. The molecule has 0 bridgehead atoms. The highest BCUT2D eigenvalue weighted by Crippen LogP contribution is 2.38. The summed E-state index contributed by atoms with van der Waals surface area (Å²) in [6, 6.07) is 19.6. The zero-order valence-electron chi connectivity index (χ0n) is 12.8. The number of hydrogen-bond donors (Lipinski definition) is 1. The van der Waals surface area contributed by atoms with Crippen molar-refractivity contribution in [2.24, 2.45) is 0 Å². The van der Waals surface area contributed by atoms with E-state index in [1.807, 2.05) is 42.5 Å². The molecule has 2 atom stereocenters. The third-order valence-corrected chi connectivity index (χ3v) is 4.52. The van der Waals surface area contributed by atoms with Crippen LogP contribution in [0, 0.1) is 0 Å².